The molecule has 2 aliphatic heterocycles. The van der Waals surface area contributed by atoms with Crippen molar-refractivity contribution >= 4 is 91.7 Å². The maximum atomic E-state index is 6.45. The first-order chi connectivity index (χ1) is 27.5. The van der Waals surface area contributed by atoms with Gasteiger partial charge < -0.3 is 0 Å². The smallest absolute Gasteiger partial charge is 2.00 e. The van der Waals surface area contributed by atoms with E-state index in [-0.39, 0.29) is 19.5 Å². The van der Waals surface area contributed by atoms with Crippen LogP contribution in [0.1, 0.15) is 22.8 Å². The summed E-state index contributed by atoms with van der Waals surface area (Å²) in [4.78, 5) is 21.6. The number of aromatic nitrogens is 4. The second kappa shape index (κ2) is 19.4. The number of benzene rings is 4. The van der Waals surface area contributed by atoms with Crippen molar-refractivity contribution < 1.29 is 113 Å². The standard InChI is InChI=1S/C44H24N4.4ClH.4Hg.Zn/c1-5-13-29(14-6-1)41-33-21-23-35(45-33)42(30-15-7-2-8-16-30)37-25-27-39(47-37)44(32-19-11-4-12-20-32)40-28-26-38(48-40)43(31-17-9-3-10-18-31)36-24-22-34(41)46-36;;;;;;;;;/h5-28H;4*1H;;;;;/q-2;;;;;4*+1;+2/p-4. The minimum Gasteiger partial charge on any atom is 2.00 e. The molecule has 0 N–H and O–H groups in total. The van der Waals surface area contributed by atoms with Gasteiger partial charge in [-0.3, -0.25) is 0 Å². The average molecular weight is 1620 g/mol. The number of rotatable bonds is 8. The third-order valence-electron chi connectivity index (χ3n) is 10.2. The van der Waals surface area contributed by atoms with Gasteiger partial charge in [-0.1, -0.05) is 0 Å². The SMILES string of the molecule is [Cl][Hg][c]1ccc(-c2c3nc(c(-c4cc[c]([Hg][Cl])cc4)c4ccc([n-]4)c(-c4cc[c]([Hg][Cl])cc4)c4nc(c(-c5cc[c]([Hg][Cl])cc5)c5ccc2[n-]5)C=C4)C=C3)cc1.[Zn+2]. The summed E-state index contributed by atoms with van der Waals surface area (Å²) < 4.78 is 5.07. The van der Waals surface area contributed by atoms with E-state index in [1.165, 1.54) is 12.3 Å². The van der Waals surface area contributed by atoms with Crippen LogP contribution >= 0.6 is 33.0 Å². The molecule has 3 aromatic heterocycles. The Kier molecular flexibility index (Phi) is 14.5. The summed E-state index contributed by atoms with van der Waals surface area (Å²) in [5.74, 6) is 0. The van der Waals surface area contributed by atoms with Gasteiger partial charge in [0.1, 0.15) is 0 Å². The van der Waals surface area contributed by atoms with Gasteiger partial charge in [0.25, 0.3) is 0 Å². The van der Waals surface area contributed by atoms with Gasteiger partial charge in [0.2, 0.25) is 0 Å². The molecular formula is C44H24Cl4Hg4N4Zn. The van der Waals surface area contributed by atoms with Crippen molar-refractivity contribution in [3.63, 3.8) is 0 Å². The predicted molar refractivity (Wildman–Crippen MR) is 220 cm³/mol. The third-order valence-corrected chi connectivity index (χ3v) is 33.2. The summed E-state index contributed by atoms with van der Waals surface area (Å²) in [6, 6.07) is 43.0. The van der Waals surface area contributed by atoms with Crippen molar-refractivity contribution in [2.45, 2.75) is 0 Å². The van der Waals surface area contributed by atoms with E-state index < -0.39 is 93.4 Å². The van der Waals surface area contributed by atoms with Gasteiger partial charge in [-0.05, 0) is 0 Å². The second-order valence-electron chi connectivity index (χ2n) is 13.7. The van der Waals surface area contributed by atoms with Crippen LogP contribution in [0.5, 0.6) is 0 Å². The molecule has 8 bridgehead atoms. The third kappa shape index (κ3) is 9.00. The molecule has 0 aliphatic carbocycles. The number of fused-ring (bicyclic) bond motifs is 8. The molecule has 9 rings (SSSR count). The van der Waals surface area contributed by atoms with Crippen molar-refractivity contribution in [3.05, 3.63) is 144 Å². The Morgan fingerprint density at radius 3 is 0.719 bits per heavy atom. The summed E-state index contributed by atoms with van der Waals surface area (Å²) in [6.07, 6.45) is 8.42. The molecule has 0 saturated carbocycles. The van der Waals surface area contributed by atoms with Gasteiger partial charge >= 0.3 is 413 Å². The zero-order valence-corrected chi connectivity index (χ0v) is 58.7. The Balaban J connectivity index is 0.00000455. The molecule has 0 saturated heterocycles. The Hall–Kier alpha value is -0.996. The Morgan fingerprint density at radius 1 is 0.316 bits per heavy atom. The van der Waals surface area contributed by atoms with Crippen LogP contribution in [0.4, 0.5) is 0 Å². The van der Waals surface area contributed by atoms with Crippen LogP contribution in [0.25, 0.3) is 90.9 Å². The van der Waals surface area contributed by atoms with Gasteiger partial charge in [0.15, 0.2) is 0 Å². The first kappa shape index (κ1) is 42.7. The van der Waals surface area contributed by atoms with Crippen molar-refractivity contribution in [2.24, 2.45) is 0 Å². The van der Waals surface area contributed by atoms with E-state index in [0.717, 1.165) is 89.4 Å². The van der Waals surface area contributed by atoms with Gasteiger partial charge in [0, 0.05) is 0 Å². The maximum absolute atomic E-state index is 6.45. The van der Waals surface area contributed by atoms with Gasteiger partial charge in [0.05, 0.1) is 0 Å². The monoisotopic (exact) mass is 1620 g/mol. The Bertz CT molecular complexity index is 2460. The fourth-order valence-corrected chi connectivity index (χ4v) is 20.0. The molecule has 258 valence electrons. The summed E-state index contributed by atoms with van der Waals surface area (Å²) in [5, 5.41) is 0. The van der Waals surface area contributed by atoms with E-state index in [9.17, 15) is 0 Å². The zero-order valence-electron chi connectivity index (χ0n) is 30.7. The van der Waals surface area contributed by atoms with Crippen LogP contribution in [0.15, 0.2) is 121 Å². The number of halogens is 4. The van der Waals surface area contributed by atoms with Crippen LogP contribution in [-0.4, -0.2) is 9.97 Å². The van der Waals surface area contributed by atoms with Crippen LogP contribution in [0, 0.1) is 0 Å². The molecule has 0 unspecified atom stereocenters. The summed E-state index contributed by atoms with van der Waals surface area (Å²) >= 11 is -6.37. The fourth-order valence-electron chi connectivity index (χ4n) is 7.31. The van der Waals surface area contributed by atoms with Crippen molar-refractivity contribution in [1.82, 2.24) is 19.9 Å². The molecule has 0 radical (unpaired) electrons. The van der Waals surface area contributed by atoms with Crippen LogP contribution in [-0.2, 0) is 113 Å². The van der Waals surface area contributed by atoms with Crippen molar-refractivity contribution in [2.75, 3.05) is 0 Å². The van der Waals surface area contributed by atoms with Crippen LogP contribution in [0.3, 0.4) is 0 Å². The van der Waals surface area contributed by atoms with Gasteiger partial charge in [-0.2, -0.15) is 0 Å². The number of hydrogen-bond acceptors (Lipinski definition) is 2. The molecule has 0 atom stereocenters. The minimum absolute atomic E-state index is 0. The molecule has 2 aliphatic rings. The minimum atomic E-state index is -1.59. The van der Waals surface area contributed by atoms with E-state index in [4.69, 9.17) is 52.9 Å². The fraction of sp³-hybridized carbons (Fsp3) is 0. The predicted octanol–water partition coefficient (Wildman–Crippen LogP) is 10.0. The normalized spacial score (nSPS) is 11.3. The Labute approximate surface area is 406 Å². The largest absolute Gasteiger partial charge is 2.00 e. The van der Waals surface area contributed by atoms with E-state index in [1.807, 2.05) is 0 Å². The quantitative estimate of drug-likeness (QED) is 0.142. The molecule has 4 aromatic carbocycles. The molecule has 0 spiro atoms. The average Bonchev–Trinajstić information content (AvgIpc) is 4.10. The van der Waals surface area contributed by atoms with Gasteiger partial charge in [-0.15, -0.1) is 0 Å². The van der Waals surface area contributed by atoms with Crippen molar-refractivity contribution in [3.8, 4) is 44.5 Å². The first-order valence-electron chi connectivity index (χ1n) is 18.2. The van der Waals surface area contributed by atoms with Gasteiger partial charge in [-0.25, -0.2) is 0 Å². The number of hydrogen-bond donors (Lipinski definition) is 0. The van der Waals surface area contributed by atoms with E-state index in [1.54, 1.807) is 0 Å². The molecule has 13 heteroatoms. The van der Waals surface area contributed by atoms with E-state index >= 15 is 0 Å². The first-order valence-corrected chi connectivity index (χ1v) is 56.3. The molecule has 4 nitrogen and oxygen atoms in total. The van der Waals surface area contributed by atoms with E-state index in [0.29, 0.717) is 0 Å². The molecule has 57 heavy (non-hydrogen) atoms. The molecule has 0 amide bonds. The molecule has 7 aromatic rings. The second-order valence-corrected chi connectivity index (χ2v) is 39.9. The summed E-state index contributed by atoms with van der Waals surface area (Å²) in [7, 11) is 25.8. The topological polar surface area (TPSA) is 54.0 Å². The van der Waals surface area contributed by atoms with E-state index in [2.05, 4.69) is 146 Å². The van der Waals surface area contributed by atoms with Crippen LogP contribution in [0.2, 0.25) is 0 Å². The van der Waals surface area contributed by atoms with Crippen molar-refractivity contribution in [1.29, 1.82) is 0 Å². The summed E-state index contributed by atoms with van der Waals surface area (Å²) in [5.41, 5.74) is 14.7. The molecular weight excluding hydrogens is 1590 g/mol. The maximum Gasteiger partial charge on any atom is 2.00 e. The van der Waals surface area contributed by atoms with Crippen LogP contribution < -0.4 is 22.3 Å². The molecule has 5 heterocycles. The molecule has 0 fully saturated rings. The summed E-state index contributed by atoms with van der Waals surface area (Å²) in [6.45, 7) is 0. The number of nitrogens with zero attached hydrogens (tertiary/aromatic N) is 4. The zero-order chi connectivity index (χ0) is 38.2. The Morgan fingerprint density at radius 2 is 0.526 bits per heavy atom.